The monoisotopic (exact) mass is 455 g/mol. The van der Waals surface area contributed by atoms with E-state index in [-0.39, 0.29) is 24.1 Å². The number of nitrogens with zero attached hydrogens (tertiary/aromatic N) is 4. The lowest BCUT2D eigenvalue weighted by molar-refractivity contribution is -0.175. The molecule has 2 rings (SSSR count). The smallest absolute Gasteiger partial charge is 0.236 e. The number of carbonyl (C=O) groups excluding carboxylic acids is 1. The highest BCUT2D eigenvalue weighted by Crippen LogP contribution is 2.25. The maximum absolute atomic E-state index is 12.7. The van der Waals surface area contributed by atoms with E-state index < -0.39 is 11.7 Å². The fraction of sp³-hybridized carbons (Fsp3) is 0.364. The van der Waals surface area contributed by atoms with Crippen molar-refractivity contribution < 1.29 is 19.1 Å². The molecule has 1 aromatic carbocycles. The quantitative estimate of drug-likeness (QED) is 0.156. The summed E-state index contributed by atoms with van der Waals surface area (Å²) in [6, 6.07) is 14.1. The van der Waals surface area contributed by atoms with Crippen LogP contribution >= 0.6 is 0 Å². The van der Waals surface area contributed by atoms with E-state index in [2.05, 4.69) is 20.7 Å². The van der Waals surface area contributed by atoms with Gasteiger partial charge in [-0.3, -0.25) is 10.2 Å². The summed E-state index contributed by atoms with van der Waals surface area (Å²) in [6.45, 7) is 3.42. The molecule has 0 fully saturated rings. The van der Waals surface area contributed by atoms with Gasteiger partial charge in [-0.1, -0.05) is 46.8 Å². The summed E-state index contributed by atoms with van der Waals surface area (Å²) < 4.78 is 10.5. The van der Waals surface area contributed by atoms with Crippen LogP contribution in [-0.2, 0) is 25.7 Å². The highest BCUT2D eigenvalue weighted by molar-refractivity contribution is 6.46. The SMILES string of the molecule is COC(OC)C(C)(C)C(=O)Nc1cccc(CO/N=C(\C(=N)N(C)N=N)c2ccccc2)n1. The highest BCUT2D eigenvalue weighted by Gasteiger charge is 2.37. The molecule has 0 aliphatic rings. The van der Waals surface area contributed by atoms with Gasteiger partial charge in [-0.25, -0.2) is 9.99 Å². The fourth-order valence-electron chi connectivity index (χ4n) is 2.89. The first-order valence-corrected chi connectivity index (χ1v) is 10.0. The molecular weight excluding hydrogens is 426 g/mol. The Morgan fingerprint density at radius 2 is 1.82 bits per heavy atom. The van der Waals surface area contributed by atoms with Gasteiger partial charge in [0.2, 0.25) is 5.91 Å². The number of aromatic nitrogens is 1. The number of rotatable bonds is 11. The van der Waals surface area contributed by atoms with Crippen molar-refractivity contribution in [1.29, 1.82) is 10.9 Å². The van der Waals surface area contributed by atoms with Crippen molar-refractivity contribution in [2.24, 2.45) is 15.8 Å². The third-order valence-electron chi connectivity index (χ3n) is 4.76. The Kier molecular flexibility index (Phi) is 9.13. The van der Waals surface area contributed by atoms with Crippen LogP contribution in [0.1, 0.15) is 25.1 Å². The lowest BCUT2D eigenvalue weighted by Crippen LogP contribution is -2.43. The van der Waals surface area contributed by atoms with Gasteiger partial charge in [-0.05, 0) is 26.0 Å². The number of hydrogen-bond donors (Lipinski definition) is 3. The second-order valence-electron chi connectivity index (χ2n) is 7.54. The molecule has 2 aromatic rings. The topological polar surface area (TPSA) is 145 Å². The Hall–Kier alpha value is -3.70. The zero-order valence-corrected chi connectivity index (χ0v) is 19.3. The number of methoxy groups -OCH3 is 2. The van der Waals surface area contributed by atoms with E-state index in [1.807, 2.05) is 18.2 Å². The lowest BCUT2D eigenvalue weighted by atomic mass is 9.91. The molecule has 0 bridgehead atoms. The molecule has 0 atom stereocenters. The minimum atomic E-state index is -0.956. The summed E-state index contributed by atoms with van der Waals surface area (Å²) in [6.07, 6.45) is -0.723. The first-order chi connectivity index (χ1) is 15.7. The largest absolute Gasteiger partial charge is 0.389 e. The first-order valence-electron chi connectivity index (χ1n) is 10.0. The van der Waals surface area contributed by atoms with E-state index in [9.17, 15) is 4.79 Å². The second kappa shape index (κ2) is 11.8. The van der Waals surface area contributed by atoms with E-state index in [1.165, 1.54) is 21.3 Å². The Morgan fingerprint density at radius 3 is 2.42 bits per heavy atom. The van der Waals surface area contributed by atoms with Gasteiger partial charge < -0.3 is 19.6 Å². The summed E-state index contributed by atoms with van der Waals surface area (Å²) in [4.78, 5) is 22.6. The Bertz CT molecular complexity index is 991. The van der Waals surface area contributed by atoms with Crippen molar-refractivity contribution in [1.82, 2.24) is 9.99 Å². The van der Waals surface area contributed by atoms with Crippen LogP contribution in [-0.4, -0.2) is 55.0 Å². The molecule has 0 aliphatic carbocycles. The van der Waals surface area contributed by atoms with Crippen LogP contribution in [0.15, 0.2) is 58.9 Å². The van der Waals surface area contributed by atoms with Gasteiger partial charge >= 0.3 is 0 Å². The highest BCUT2D eigenvalue weighted by atomic mass is 16.7. The molecule has 1 aromatic heterocycles. The minimum Gasteiger partial charge on any atom is -0.389 e. The molecule has 0 saturated heterocycles. The molecule has 0 spiro atoms. The molecular formula is C22H29N7O4. The third-order valence-corrected chi connectivity index (χ3v) is 4.76. The summed E-state index contributed by atoms with van der Waals surface area (Å²) >= 11 is 0. The van der Waals surface area contributed by atoms with Crippen LogP contribution in [0.5, 0.6) is 0 Å². The first kappa shape index (κ1) is 25.6. The summed E-state index contributed by atoms with van der Waals surface area (Å²) in [5.74, 6) is -0.0760. The normalized spacial score (nSPS) is 11.8. The average Bonchev–Trinajstić information content (AvgIpc) is 2.82. The number of amides is 1. The maximum Gasteiger partial charge on any atom is 0.236 e. The van der Waals surface area contributed by atoms with Gasteiger partial charge in [-0.15, -0.1) is 0 Å². The van der Waals surface area contributed by atoms with E-state index in [0.29, 0.717) is 17.1 Å². The van der Waals surface area contributed by atoms with Gasteiger partial charge in [0.15, 0.2) is 24.4 Å². The van der Waals surface area contributed by atoms with Gasteiger partial charge in [0, 0.05) is 26.8 Å². The summed E-state index contributed by atoms with van der Waals surface area (Å²) in [5.41, 5.74) is 7.55. The number of anilines is 1. The number of likely N-dealkylation sites (N-methyl/N-ethyl adjacent to an activating group) is 1. The number of benzene rings is 1. The van der Waals surface area contributed by atoms with Crippen molar-refractivity contribution in [2.45, 2.75) is 26.7 Å². The van der Waals surface area contributed by atoms with Crippen LogP contribution in [0.3, 0.4) is 0 Å². The van der Waals surface area contributed by atoms with Crippen LogP contribution in [0, 0.1) is 16.4 Å². The third kappa shape index (κ3) is 6.64. The van der Waals surface area contributed by atoms with Crippen LogP contribution in [0.4, 0.5) is 5.82 Å². The van der Waals surface area contributed by atoms with E-state index in [1.54, 1.807) is 44.2 Å². The molecule has 33 heavy (non-hydrogen) atoms. The number of amidine groups is 1. The number of nitrogens with one attached hydrogen (secondary N) is 3. The van der Waals surface area contributed by atoms with Gasteiger partial charge in [0.05, 0.1) is 11.1 Å². The van der Waals surface area contributed by atoms with E-state index in [0.717, 1.165) is 5.01 Å². The Balaban J connectivity index is 2.14. The molecule has 11 nitrogen and oxygen atoms in total. The predicted octanol–water partition coefficient (Wildman–Crippen LogP) is 3.44. The van der Waals surface area contributed by atoms with Crippen molar-refractivity contribution in [3.63, 3.8) is 0 Å². The summed E-state index contributed by atoms with van der Waals surface area (Å²) in [7, 11) is 4.42. The van der Waals surface area contributed by atoms with Crippen molar-refractivity contribution in [3.8, 4) is 0 Å². The molecule has 0 radical (unpaired) electrons. The summed E-state index contributed by atoms with van der Waals surface area (Å²) in [5, 5.41) is 19.4. The van der Waals surface area contributed by atoms with Crippen LogP contribution in [0.2, 0.25) is 0 Å². The molecule has 3 N–H and O–H groups in total. The number of ether oxygens (including phenoxy) is 2. The predicted molar refractivity (Wildman–Crippen MR) is 123 cm³/mol. The fourth-order valence-corrected chi connectivity index (χ4v) is 2.89. The minimum absolute atomic E-state index is 0.00276. The lowest BCUT2D eigenvalue weighted by Gasteiger charge is -2.30. The van der Waals surface area contributed by atoms with Gasteiger partial charge in [-0.2, -0.15) is 5.53 Å². The van der Waals surface area contributed by atoms with Gasteiger partial charge in [0.1, 0.15) is 5.82 Å². The van der Waals surface area contributed by atoms with Crippen molar-refractivity contribution in [3.05, 3.63) is 59.8 Å². The number of carbonyl (C=O) groups is 1. The van der Waals surface area contributed by atoms with Crippen LogP contribution in [0.25, 0.3) is 0 Å². The molecule has 176 valence electrons. The average molecular weight is 456 g/mol. The molecule has 1 heterocycles. The van der Waals surface area contributed by atoms with Crippen molar-refractivity contribution in [2.75, 3.05) is 26.6 Å². The van der Waals surface area contributed by atoms with Gasteiger partial charge in [0.25, 0.3) is 0 Å². The molecule has 0 unspecified atom stereocenters. The number of oxime groups is 1. The molecule has 0 saturated carbocycles. The molecule has 0 aliphatic heterocycles. The Labute approximate surface area is 192 Å². The molecule has 11 heteroatoms. The number of hydrogen-bond acceptors (Lipinski definition) is 9. The van der Waals surface area contributed by atoms with E-state index >= 15 is 0 Å². The standard InChI is InChI=1S/C22H29N7O4/c1-22(2,21(31-4)32-5)20(30)26-17-13-9-12-16(25-17)14-33-27-18(19(23)29(3)28-24)15-10-7-6-8-11-15/h6-13,21,23-24H,14H2,1-5H3,(H,25,26,30)/b23-19?,27-18-,28-24?. The zero-order valence-electron chi connectivity index (χ0n) is 19.3. The molecule has 1 amide bonds. The Morgan fingerprint density at radius 1 is 1.15 bits per heavy atom. The van der Waals surface area contributed by atoms with Crippen molar-refractivity contribution >= 4 is 23.3 Å². The van der Waals surface area contributed by atoms with E-state index in [4.69, 9.17) is 25.3 Å². The zero-order chi connectivity index (χ0) is 24.4. The number of pyridine rings is 1. The van der Waals surface area contributed by atoms with Crippen LogP contribution < -0.4 is 5.32 Å². The second-order valence-corrected chi connectivity index (χ2v) is 7.54. The maximum atomic E-state index is 12.7.